The van der Waals surface area contributed by atoms with Crippen molar-refractivity contribution in [1.29, 1.82) is 0 Å². The maximum absolute atomic E-state index is 12.3. The van der Waals surface area contributed by atoms with Crippen LogP contribution in [0.4, 0.5) is 0 Å². The highest BCUT2D eigenvalue weighted by Gasteiger charge is 2.34. The number of nitrogens with zero attached hydrogens (tertiary/aromatic N) is 2. The first-order valence-electron chi connectivity index (χ1n) is 8.93. The van der Waals surface area contributed by atoms with E-state index < -0.39 is 0 Å². The van der Waals surface area contributed by atoms with Crippen molar-refractivity contribution in [2.45, 2.75) is 31.7 Å². The zero-order valence-corrected chi connectivity index (χ0v) is 14.4. The van der Waals surface area contributed by atoms with Crippen molar-refractivity contribution in [3.8, 4) is 0 Å². The molecule has 1 aromatic rings. The van der Waals surface area contributed by atoms with Crippen molar-refractivity contribution in [3.63, 3.8) is 0 Å². The summed E-state index contributed by atoms with van der Waals surface area (Å²) in [5, 5.41) is 2.99. The monoisotopic (exact) mass is 329 g/mol. The highest BCUT2D eigenvalue weighted by atomic mass is 16.2. The summed E-state index contributed by atoms with van der Waals surface area (Å²) in [4.78, 5) is 28.5. The lowest BCUT2D eigenvalue weighted by Crippen LogP contribution is -2.38. The summed E-state index contributed by atoms with van der Waals surface area (Å²) < 4.78 is 0. The Kier molecular flexibility index (Phi) is 5.51. The van der Waals surface area contributed by atoms with E-state index in [4.69, 9.17) is 0 Å². The molecule has 5 heteroatoms. The van der Waals surface area contributed by atoms with Gasteiger partial charge in [0.05, 0.1) is 5.92 Å². The van der Waals surface area contributed by atoms with Crippen LogP contribution in [-0.2, 0) is 16.0 Å². The average Bonchev–Trinajstić information content (AvgIpc) is 3.37. The van der Waals surface area contributed by atoms with Crippen LogP contribution in [0.3, 0.4) is 0 Å². The van der Waals surface area contributed by atoms with Crippen LogP contribution >= 0.6 is 0 Å². The number of amides is 2. The lowest BCUT2D eigenvalue weighted by Gasteiger charge is -2.18. The van der Waals surface area contributed by atoms with Gasteiger partial charge < -0.3 is 15.1 Å². The van der Waals surface area contributed by atoms with Crippen molar-refractivity contribution < 1.29 is 9.59 Å². The SMILES string of the molecule is CN(CCNC(=O)[C@@H]1CC(=O)N(CCc2ccccc2)C1)C1CC1. The average molecular weight is 329 g/mol. The third-order valence-corrected chi connectivity index (χ3v) is 5.03. The van der Waals surface area contributed by atoms with Gasteiger partial charge in [-0.3, -0.25) is 9.59 Å². The molecular formula is C19H27N3O2. The second-order valence-corrected chi connectivity index (χ2v) is 6.98. The van der Waals surface area contributed by atoms with E-state index in [1.54, 1.807) is 0 Å². The summed E-state index contributed by atoms with van der Waals surface area (Å²) in [7, 11) is 2.11. The van der Waals surface area contributed by atoms with Crippen LogP contribution in [0, 0.1) is 5.92 Å². The summed E-state index contributed by atoms with van der Waals surface area (Å²) >= 11 is 0. The normalized spacial score (nSPS) is 20.7. The minimum absolute atomic E-state index is 0.0229. The molecule has 0 aromatic heterocycles. The molecule has 1 saturated heterocycles. The van der Waals surface area contributed by atoms with Crippen molar-refractivity contribution in [1.82, 2.24) is 15.1 Å². The molecule has 5 nitrogen and oxygen atoms in total. The van der Waals surface area contributed by atoms with Gasteiger partial charge in [-0.1, -0.05) is 30.3 Å². The summed E-state index contributed by atoms with van der Waals surface area (Å²) in [5.41, 5.74) is 1.22. The number of carbonyl (C=O) groups is 2. The molecule has 1 aliphatic heterocycles. The Morgan fingerprint density at radius 3 is 2.75 bits per heavy atom. The van der Waals surface area contributed by atoms with Crippen LogP contribution in [0.2, 0.25) is 0 Å². The first-order valence-corrected chi connectivity index (χ1v) is 8.93. The van der Waals surface area contributed by atoms with Gasteiger partial charge in [-0.2, -0.15) is 0 Å². The van der Waals surface area contributed by atoms with Gasteiger partial charge in [0.25, 0.3) is 0 Å². The quantitative estimate of drug-likeness (QED) is 0.782. The van der Waals surface area contributed by atoms with E-state index in [0.29, 0.717) is 32.1 Å². The molecule has 0 unspecified atom stereocenters. The first kappa shape index (κ1) is 17.0. The molecule has 2 amide bonds. The standard InChI is InChI=1S/C19H27N3O2/c1-21(17-7-8-17)12-10-20-19(24)16-13-18(23)22(14-16)11-9-15-5-3-2-4-6-15/h2-6,16-17H,7-14H2,1H3,(H,20,24)/t16-/m1/s1. The van der Waals surface area contributed by atoms with Crippen LogP contribution < -0.4 is 5.32 Å². The molecule has 2 fully saturated rings. The molecule has 1 heterocycles. The predicted molar refractivity (Wildman–Crippen MR) is 93.5 cm³/mol. The van der Waals surface area contributed by atoms with E-state index in [0.717, 1.165) is 13.0 Å². The number of hydrogen-bond acceptors (Lipinski definition) is 3. The molecule has 3 rings (SSSR count). The third-order valence-electron chi connectivity index (χ3n) is 5.03. The molecule has 24 heavy (non-hydrogen) atoms. The molecule has 0 spiro atoms. The van der Waals surface area contributed by atoms with Crippen molar-refractivity contribution >= 4 is 11.8 Å². The fourth-order valence-corrected chi connectivity index (χ4v) is 3.27. The van der Waals surface area contributed by atoms with Crippen molar-refractivity contribution in [2.75, 3.05) is 33.2 Å². The second kappa shape index (κ2) is 7.79. The largest absolute Gasteiger partial charge is 0.355 e. The van der Waals surface area contributed by atoms with Gasteiger partial charge in [0.15, 0.2) is 0 Å². The van der Waals surface area contributed by atoms with E-state index >= 15 is 0 Å². The van der Waals surface area contributed by atoms with Gasteiger partial charge in [-0.05, 0) is 31.9 Å². The van der Waals surface area contributed by atoms with E-state index in [9.17, 15) is 9.59 Å². The fraction of sp³-hybridized carbons (Fsp3) is 0.579. The Hall–Kier alpha value is -1.88. The van der Waals surface area contributed by atoms with Crippen LogP contribution in [0.15, 0.2) is 30.3 Å². The molecule has 0 radical (unpaired) electrons. The van der Waals surface area contributed by atoms with Gasteiger partial charge in [0.1, 0.15) is 0 Å². The Morgan fingerprint density at radius 2 is 2.04 bits per heavy atom. The second-order valence-electron chi connectivity index (χ2n) is 6.98. The summed E-state index contributed by atoms with van der Waals surface area (Å²) in [5.74, 6) is -0.0737. The van der Waals surface area contributed by atoms with E-state index in [-0.39, 0.29) is 17.7 Å². The molecule has 1 N–H and O–H groups in total. The molecule has 1 aliphatic carbocycles. The number of benzene rings is 1. The highest BCUT2D eigenvalue weighted by Crippen LogP contribution is 2.24. The van der Waals surface area contributed by atoms with Gasteiger partial charge in [-0.25, -0.2) is 0 Å². The lowest BCUT2D eigenvalue weighted by atomic mass is 10.1. The molecule has 2 aliphatic rings. The maximum atomic E-state index is 12.3. The van der Waals surface area contributed by atoms with Gasteiger partial charge in [0, 0.05) is 38.6 Å². The summed E-state index contributed by atoms with van der Waals surface area (Å²) in [6.45, 7) is 2.79. The topological polar surface area (TPSA) is 52.7 Å². The Labute approximate surface area is 144 Å². The third kappa shape index (κ3) is 4.57. The number of rotatable bonds is 8. The predicted octanol–water partition coefficient (Wildman–Crippen LogP) is 1.29. The number of likely N-dealkylation sites (tertiary alicyclic amines) is 1. The number of nitrogens with one attached hydrogen (secondary N) is 1. The van der Waals surface area contributed by atoms with E-state index in [1.807, 2.05) is 23.1 Å². The zero-order chi connectivity index (χ0) is 16.9. The van der Waals surface area contributed by atoms with Gasteiger partial charge >= 0.3 is 0 Å². The summed E-state index contributed by atoms with van der Waals surface area (Å²) in [6, 6.07) is 10.9. The minimum atomic E-state index is -0.195. The first-order chi connectivity index (χ1) is 11.6. The van der Waals surface area contributed by atoms with Crippen molar-refractivity contribution in [2.24, 2.45) is 5.92 Å². The molecule has 1 atom stereocenters. The van der Waals surface area contributed by atoms with Gasteiger partial charge in [0.2, 0.25) is 11.8 Å². The highest BCUT2D eigenvalue weighted by molar-refractivity contribution is 5.89. The molecule has 0 bridgehead atoms. The van der Waals surface area contributed by atoms with Crippen molar-refractivity contribution in [3.05, 3.63) is 35.9 Å². The summed E-state index contributed by atoms with van der Waals surface area (Å²) in [6.07, 6.45) is 3.74. The number of hydrogen-bond donors (Lipinski definition) is 1. The maximum Gasteiger partial charge on any atom is 0.225 e. The zero-order valence-electron chi connectivity index (χ0n) is 14.4. The lowest BCUT2D eigenvalue weighted by molar-refractivity contribution is -0.129. The Bertz CT molecular complexity index is 571. The number of likely N-dealkylation sites (N-methyl/N-ethyl adjacent to an activating group) is 1. The molecule has 1 aromatic carbocycles. The van der Waals surface area contributed by atoms with E-state index in [2.05, 4.69) is 29.4 Å². The molecule has 1 saturated carbocycles. The smallest absolute Gasteiger partial charge is 0.225 e. The molecule has 130 valence electrons. The Balaban J connectivity index is 1.39. The minimum Gasteiger partial charge on any atom is -0.355 e. The van der Waals surface area contributed by atoms with Crippen LogP contribution in [0.1, 0.15) is 24.8 Å². The number of carbonyl (C=O) groups excluding carboxylic acids is 2. The van der Waals surface area contributed by atoms with Crippen LogP contribution in [0.25, 0.3) is 0 Å². The van der Waals surface area contributed by atoms with E-state index in [1.165, 1.54) is 18.4 Å². The fourth-order valence-electron chi connectivity index (χ4n) is 3.27. The van der Waals surface area contributed by atoms with Crippen LogP contribution in [0.5, 0.6) is 0 Å². The van der Waals surface area contributed by atoms with Gasteiger partial charge in [-0.15, -0.1) is 0 Å². The molecular weight excluding hydrogens is 302 g/mol. The Morgan fingerprint density at radius 1 is 1.29 bits per heavy atom. The van der Waals surface area contributed by atoms with Crippen LogP contribution in [-0.4, -0.2) is 60.9 Å².